The Morgan fingerprint density at radius 3 is 1.73 bits per heavy atom. The van der Waals surface area contributed by atoms with Gasteiger partial charge in [-0.2, -0.15) is 0 Å². The summed E-state index contributed by atoms with van der Waals surface area (Å²) in [6, 6.07) is 15.3. The lowest BCUT2D eigenvalue weighted by molar-refractivity contribution is -0.462. The van der Waals surface area contributed by atoms with Crippen LogP contribution in [0.15, 0.2) is 72.3 Å². The number of rotatable bonds is 5. The van der Waals surface area contributed by atoms with E-state index in [0.717, 1.165) is 5.75 Å². The summed E-state index contributed by atoms with van der Waals surface area (Å²) in [4.78, 5) is 0. The molecule has 0 saturated heterocycles. The maximum absolute atomic E-state index is 5.87. The van der Waals surface area contributed by atoms with Gasteiger partial charge in [-0.1, -0.05) is 58.0 Å². The lowest BCUT2D eigenvalue weighted by atomic mass is 9.85. The third-order valence-electron chi connectivity index (χ3n) is 5.62. The van der Waals surface area contributed by atoms with Crippen molar-refractivity contribution in [2.45, 2.75) is 39.5 Å². The molecular weight excluding hydrogens is 366 g/mol. The van der Waals surface area contributed by atoms with Gasteiger partial charge in [-0.15, -0.1) is 0 Å². The van der Waals surface area contributed by atoms with Crippen LogP contribution >= 0.6 is 0 Å². The highest BCUT2D eigenvalue weighted by Crippen LogP contribution is 2.40. The average Bonchev–Trinajstić information content (AvgIpc) is 2.74. The highest BCUT2D eigenvalue weighted by molar-refractivity contribution is 6.04. The average molecular weight is 401 g/mol. The number of hydrogen-bond donors (Lipinski definition) is 0. The van der Waals surface area contributed by atoms with Crippen LogP contribution in [0.2, 0.25) is 0 Å². The van der Waals surface area contributed by atoms with Gasteiger partial charge in [0, 0.05) is 12.2 Å². The van der Waals surface area contributed by atoms with E-state index in [0.29, 0.717) is 11.8 Å². The molecule has 0 radical (unpaired) electrons. The third kappa shape index (κ3) is 4.48. The Morgan fingerprint density at radius 2 is 1.30 bits per heavy atom. The molecule has 0 bridgehead atoms. The first-order valence-electron chi connectivity index (χ1n) is 10.8. The molecule has 2 nitrogen and oxygen atoms in total. The second kappa shape index (κ2) is 9.30. The van der Waals surface area contributed by atoms with Crippen molar-refractivity contribution in [3.8, 4) is 5.75 Å². The van der Waals surface area contributed by atoms with Crippen LogP contribution in [-0.4, -0.2) is 31.5 Å². The van der Waals surface area contributed by atoms with Gasteiger partial charge in [0.1, 0.15) is 19.8 Å². The molecule has 156 valence electrons. The SMILES string of the molecule is COc1c(C(C)C)cc(C(=C2C=CC(=[N+](C)C)C=C2)c2ccccc2)cc1C(C)C. The van der Waals surface area contributed by atoms with Gasteiger partial charge in [-0.3, -0.25) is 0 Å². The quantitative estimate of drug-likeness (QED) is 0.516. The van der Waals surface area contributed by atoms with Crippen LogP contribution in [0.3, 0.4) is 0 Å². The molecule has 0 aliphatic heterocycles. The minimum atomic E-state index is 0.380. The molecule has 3 rings (SSSR count). The maximum Gasteiger partial charge on any atom is 0.199 e. The molecule has 2 aromatic rings. The Hall–Kier alpha value is -2.87. The molecule has 0 heterocycles. The predicted molar refractivity (Wildman–Crippen MR) is 129 cm³/mol. The van der Waals surface area contributed by atoms with Crippen molar-refractivity contribution < 1.29 is 9.31 Å². The third-order valence-corrected chi connectivity index (χ3v) is 5.62. The molecule has 1 aliphatic rings. The summed E-state index contributed by atoms with van der Waals surface area (Å²) in [5.74, 6) is 1.79. The number of benzene rings is 2. The molecule has 0 atom stereocenters. The minimum absolute atomic E-state index is 0.380. The monoisotopic (exact) mass is 400 g/mol. The number of nitrogens with zero attached hydrogens (tertiary/aromatic N) is 1. The molecule has 0 amide bonds. The Bertz CT molecular complexity index is 983. The summed E-state index contributed by atoms with van der Waals surface area (Å²) in [5.41, 5.74) is 8.67. The van der Waals surface area contributed by atoms with E-state index in [9.17, 15) is 0 Å². The van der Waals surface area contributed by atoms with Crippen molar-refractivity contribution in [1.82, 2.24) is 0 Å². The van der Waals surface area contributed by atoms with Crippen molar-refractivity contribution in [3.63, 3.8) is 0 Å². The minimum Gasteiger partial charge on any atom is -0.496 e. The van der Waals surface area contributed by atoms with Gasteiger partial charge in [0.05, 0.1) is 7.11 Å². The molecule has 2 aromatic carbocycles. The summed E-state index contributed by atoms with van der Waals surface area (Å²) < 4.78 is 8.00. The predicted octanol–water partition coefficient (Wildman–Crippen LogP) is 6.58. The second-order valence-electron chi connectivity index (χ2n) is 8.68. The van der Waals surface area contributed by atoms with E-state index in [-0.39, 0.29) is 0 Å². The first-order chi connectivity index (χ1) is 14.3. The first-order valence-corrected chi connectivity index (χ1v) is 10.8. The number of allylic oxidation sites excluding steroid dienone is 5. The molecule has 0 spiro atoms. The zero-order chi connectivity index (χ0) is 21.8. The van der Waals surface area contributed by atoms with Gasteiger partial charge < -0.3 is 4.74 Å². The summed E-state index contributed by atoms with van der Waals surface area (Å²) in [5, 5.41) is 0. The van der Waals surface area contributed by atoms with Crippen LogP contribution in [-0.2, 0) is 0 Å². The molecular formula is C28H34NO+. The van der Waals surface area contributed by atoms with Crippen LogP contribution in [0.5, 0.6) is 5.75 Å². The summed E-state index contributed by atoms with van der Waals surface area (Å²) in [6.45, 7) is 8.94. The van der Waals surface area contributed by atoms with Gasteiger partial charge >= 0.3 is 0 Å². The van der Waals surface area contributed by atoms with E-state index in [1.54, 1.807) is 7.11 Å². The number of hydrogen-bond acceptors (Lipinski definition) is 1. The molecule has 2 heteroatoms. The van der Waals surface area contributed by atoms with E-state index < -0.39 is 0 Å². The largest absolute Gasteiger partial charge is 0.496 e. The Morgan fingerprint density at radius 1 is 0.767 bits per heavy atom. The van der Waals surface area contributed by atoms with E-state index >= 15 is 0 Å². The lowest BCUT2D eigenvalue weighted by Crippen LogP contribution is -2.10. The van der Waals surface area contributed by atoms with Crippen molar-refractivity contribution in [1.29, 1.82) is 0 Å². The van der Waals surface area contributed by atoms with Crippen LogP contribution in [0.4, 0.5) is 0 Å². The van der Waals surface area contributed by atoms with Crippen LogP contribution in [0.1, 0.15) is 61.8 Å². The normalized spacial score (nSPS) is 13.4. The summed E-state index contributed by atoms with van der Waals surface area (Å²) >= 11 is 0. The van der Waals surface area contributed by atoms with Gasteiger partial charge in [0.2, 0.25) is 0 Å². The second-order valence-corrected chi connectivity index (χ2v) is 8.68. The lowest BCUT2D eigenvalue weighted by Gasteiger charge is -2.22. The summed E-state index contributed by atoms with van der Waals surface area (Å²) in [6.07, 6.45) is 8.83. The first kappa shape index (κ1) is 21.8. The number of methoxy groups -OCH3 is 1. The van der Waals surface area contributed by atoms with E-state index in [4.69, 9.17) is 4.74 Å². The van der Waals surface area contributed by atoms with E-state index in [1.165, 1.54) is 39.1 Å². The highest BCUT2D eigenvalue weighted by Gasteiger charge is 2.20. The van der Waals surface area contributed by atoms with Gasteiger partial charge in [0.25, 0.3) is 0 Å². The molecule has 0 aromatic heterocycles. The van der Waals surface area contributed by atoms with Crippen molar-refractivity contribution in [2.75, 3.05) is 21.2 Å². The van der Waals surface area contributed by atoms with Crippen LogP contribution in [0, 0.1) is 0 Å². The maximum atomic E-state index is 5.87. The van der Waals surface area contributed by atoms with E-state index in [2.05, 4.69) is 113 Å². The molecule has 0 N–H and O–H groups in total. The van der Waals surface area contributed by atoms with Crippen LogP contribution in [0.25, 0.3) is 5.57 Å². The van der Waals surface area contributed by atoms with Gasteiger partial charge in [-0.05, 0) is 69.5 Å². The Balaban J connectivity index is 2.32. The Kier molecular flexibility index (Phi) is 6.77. The van der Waals surface area contributed by atoms with Crippen molar-refractivity contribution >= 4 is 11.3 Å². The number of ether oxygens (including phenoxy) is 1. The molecule has 0 unspecified atom stereocenters. The standard InChI is InChI=1S/C28H34NO/c1-19(2)25-17-23(18-26(20(3)4)28(25)30-7)27(21-11-9-8-10-12-21)22-13-15-24(16-14-22)29(5)6/h8-20H,1-7H3/q+1. The molecule has 0 saturated carbocycles. The van der Waals surface area contributed by atoms with Crippen LogP contribution < -0.4 is 4.74 Å². The molecule has 1 aliphatic carbocycles. The highest BCUT2D eigenvalue weighted by atomic mass is 16.5. The van der Waals surface area contributed by atoms with Gasteiger partial charge in [0.15, 0.2) is 5.71 Å². The van der Waals surface area contributed by atoms with Gasteiger partial charge in [-0.25, -0.2) is 4.58 Å². The zero-order valence-electron chi connectivity index (χ0n) is 19.4. The fraction of sp³-hybridized carbons (Fsp3) is 0.321. The smallest absolute Gasteiger partial charge is 0.199 e. The van der Waals surface area contributed by atoms with Crippen molar-refractivity contribution in [3.05, 3.63) is 94.6 Å². The molecule has 30 heavy (non-hydrogen) atoms. The molecule has 0 fully saturated rings. The van der Waals surface area contributed by atoms with E-state index in [1.807, 2.05) is 0 Å². The Labute approximate surface area is 181 Å². The zero-order valence-corrected chi connectivity index (χ0v) is 19.4. The topological polar surface area (TPSA) is 12.2 Å². The fourth-order valence-electron chi connectivity index (χ4n) is 3.94. The van der Waals surface area contributed by atoms with Crippen molar-refractivity contribution in [2.24, 2.45) is 0 Å². The fourth-order valence-corrected chi connectivity index (χ4v) is 3.94. The summed E-state index contributed by atoms with van der Waals surface area (Å²) in [7, 11) is 5.93.